The normalized spacial score (nSPS) is 19.0. The minimum absolute atomic E-state index is 0.198. The monoisotopic (exact) mass is 445 g/mol. The molecule has 0 saturated carbocycles. The van der Waals surface area contributed by atoms with Gasteiger partial charge >= 0.3 is 6.09 Å². The van der Waals surface area contributed by atoms with E-state index in [-0.39, 0.29) is 17.3 Å². The highest BCUT2D eigenvalue weighted by Gasteiger charge is 2.32. The molecule has 2 fully saturated rings. The number of rotatable bonds is 5. The lowest BCUT2D eigenvalue weighted by molar-refractivity contribution is 0.143. The number of thiocarbonyl (C=S) groups is 1. The van der Waals surface area contributed by atoms with E-state index in [1.165, 1.54) is 0 Å². The van der Waals surface area contributed by atoms with Gasteiger partial charge < -0.3 is 25.6 Å². The summed E-state index contributed by atoms with van der Waals surface area (Å²) in [4.78, 5) is 18.5. The van der Waals surface area contributed by atoms with E-state index in [9.17, 15) is 4.79 Å². The number of piperazine rings is 1. The van der Waals surface area contributed by atoms with Crippen LogP contribution in [0, 0.1) is 0 Å². The van der Waals surface area contributed by atoms with E-state index in [1.54, 1.807) is 4.90 Å². The Bertz CT molecular complexity index is 918. The van der Waals surface area contributed by atoms with Crippen molar-refractivity contribution >= 4 is 52.1 Å². The second-order valence-electron chi connectivity index (χ2n) is 7.33. The first-order valence-electron chi connectivity index (χ1n) is 9.86. The molecule has 9 heteroatoms. The van der Waals surface area contributed by atoms with E-state index in [2.05, 4.69) is 33.3 Å². The summed E-state index contributed by atoms with van der Waals surface area (Å²) in [7, 11) is 0. The molecule has 0 spiro atoms. The van der Waals surface area contributed by atoms with Crippen LogP contribution in [-0.4, -0.2) is 56.6 Å². The molecular formula is C21H24ClN5O2S. The third-order valence-corrected chi connectivity index (χ3v) is 5.74. The summed E-state index contributed by atoms with van der Waals surface area (Å²) in [5.74, 6) is 0. The predicted molar refractivity (Wildman–Crippen MR) is 125 cm³/mol. The fraction of sp³-hybridized carbons (Fsp3) is 0.333. The molecule has 3 N–H and O–H groups in total. The van der Waals surface area contributed by atoms with Gasteiger partial charge in [0.05, 0.1) is 13.1 Å². The lowest BCUT2D eigenvalue weighted by Gasteiger charge is -2.37. The molecule has 30 heavy (non-hydrogen) atoms. The molecule has 0 radical (unpaired) electrons. The van der Waals surface area contributed by atoms with Crippen LogP contribution in [0.25, 0.3) is 0 Å². The number of nitrogens with one attached hydrogen (secondary N) is 1. The van der Waals surface area contributed by atoms with Gasteiger partial charge in [0.1, 0.15) is 6.10 Å². The number of anilines is 3. The van der Waals surface area contributed by atoms with Crippen LogP contribution in [0.1, 0.15) is 0 Å². The van der Waals surface area contributed by atoms with Gasteiger partial charge in [0.15, 0.2) is 5.11 Å². The van der Waals surface area contributed by atoms with Crippen LogP contribution in [0.4, 0.5) is 21.9 Å². The van der Waals surface area contributed by atoms with E-state index < -0.39 is 0 Å². The number of carbonyl (C=O) groups is 1. The third kappa shape index (κ3) is 4.71. The van der Waals surface area contributed by atoms with Crippen LogP contribution in [0.15, 0.2) is 48.5 Å². The molecule has 2 heterocycles. The zero-order valence-corrected chi connectivity index (χ0v) is 18.0. The number of carbonyl (C=O) groups excluding carboxylic acids is 1. The third-order valence-electron chi connectivity index (χ3n) is 5.36. The Balaban J connectivity index is 1.34. The van der Waals surface area contributed by atoms with Crippen LogP contribution in [0.3, 0.4) is 0 Å². The lowest BCUT2D eigenvalue weighted by atomic mass is 10.2. The summed E-state index contributed by atoms with van der Waals surface area (Å²) in [6.07, 6.45) is -0.633. The van der Waals surface area contributed by atoms with E-state index >= 15 is 0 Å². The SMILES string of the molecule is NC(=S)NC[C@H]1CN(c2ccc(N3CCN(c4cccc(Cl)c4)CC3)cc2)C(=O)O1. The van der Waals surface area contributed by atoms with Gasteiger partial charge in [0.2, 0.25) is 0 Å². The summed E-state index contributed by atoms with van der Waals surface area (Å²) >= 11 is 10.9. The minimum Gasteiger partial charge on any atom is -0.442 e. The average Bonchev–Trinajstić information content (AvgIpc) is 3.13. The Hall–Kier alpha value is -2.71. The number of cyclic esters (lactones) is 1. The molecule has 2 aromatic rings. The van der Waals surface area contributed by atoms with Crippen molar-refractivity contribution in [2.75, 3.05) is 54.0 Å². The minimum atomic E-state index is -0.354. The molecule has 0 aromatic heterocycles. The lowest BCUT2D eigenvalue weighted by Crippen LogP contribution is -2.46. The molecule has 2 aromatic carbocycles. The van der Waals surface area contributed by atoms with Crippen LogP contribution < -0.4 is 25.8 Å². The molecule has 1 atom stereocenters. The fourth-order valence-corrected chi connectivity index (χ4v) is 4.06. The van der Waals surface area contributed by atoms with Crippen molar-refractivity contribution in [3.63, 3.8) is 0 Å². The molecule has 1 amide bonds. The van der Waals surface area contributed by atoms with Gasteiger partial charge in [-0.25, -0.2) is 4.79 Å². The number of nitrogens with two attached hydrogens (primary N) is 1. The molecule has 0 aliphatic carbocycles. The molecule has 2 aliphatic heterocycles. The van der Waals surface area contributed by atoms with Crippen LogP contribution in [0.2, 0.25) is 5.02 Å². The second-order valence-corrected chi connectivity index (χ2v) is 8.21. The summed E-state index contributed by atoms with van der Waals surface area (Å²) < 4.78 is 5.37. The van der Waals surface area contributed by atoms with Crippen LogP contribution >= 0.6 is 23.8 Å². The summed E-state index contributed by atoms with van der Waals surface area (Å²) in [5, 5.41) is 3.80. The topological polar surface area (TPSA) is 74.1 Å². The fourth-order valence-electron chi connectivity index (χ4n) is 3.79. The quantitative estimate of drug-likeness (QED) is 0.685. The first-order valence-corrected chi connectivity index (χ1v) is 10.7. The Morgan fingerprint density at radius 2 is 1.70 bits per heavy atom. The van der Waals surface area contributed by atoms with Gasteiger partial charge in [-0.05, 0) is 54.7 Å². The number of ether oxygens (including phenoxy) is 1. The number of amides is 1. The van der Waals surface area contributed by atoms with Gasteiger partial charge in [0.25, 0.3) is 0 Å². The molecule has 0 unspecified atom stereocenters. The molecule has 2 saturated heterocycles. The van der Waals surface area contributed by atoms with Crippen molar-refractivity contribution < 1.29 is 9.53 Å². The smallest absolute Gasteiger partial charge is 0.414 e. The van der Waals surface area contributed by atoms with Gasteiger partial charge in [-0.3, -0.25) is 4.90 Å². The maximum Gasteiger partial charge on any atom is 0.414 e. The standard InChI is InChI=1S/C21H24ClN5O2S/c22-15-2-1-3-18(12-15)26-10-8-25(9-11-26)16-4-6-17(7-5-16)27-14-19(29-21(27)28)13-24-20(23)30/h1-7,12,19H,8-11,13-14H2,(H3,23,24,30)/t19-/m0/s1. The Morgan fingerprint density at radius 1 is 1.07 bits per heavy atom. The van der Waals surface area contributed by atoms with Crippen molar-refractivity contribution in [2.24, 2.45) is 5.73 Å². The van der Waals surface area contributed by atoms with E-state index in [0.29, 0.717) is 13.1 Å². The van der Waals surface area contributed by atoms with Crippen LogP contribution in [0.5, 0.6) is 0 Å². The summed E-state index contributed by atoms with van der Waals surface area (Å²) in [5.41, 5.74) is 8.56. The Morgan fingerprint density at radius 3 is 2.33 bits per heavy atom. The highest BCUT2D eigenvalue weighted by atomic mass is 35.5. The molecule has 2 aliphatic rings. The Labute approximate surface area is 186 Å². The van der Waals surface area contributed by atoms with Gasteiger partial charge in [0, 0.05) is 48.3 Å². The zero-order chi connectivity index (χ0) is 21.1. The van der Waals surface area contributed by atoms with Crippen molar-refractivity contribution in [1.29, 1.82) is 0 Å². The maximum atomic E-state index is 12.2. The number of hydrogen-bond acceptors (Lipinski definition) is 5. The highest BCUT2D eigenvalue weighted by Crippen LogP contribution is 2.27. The van der Waals surface area contributed by atoms with E-state index in [0.717, 1.165) is 48.3 Å². The number of hydrogen-bond donors (Lipinski definition) is 2. The Kier molecular flexibility index (Phi) is 6.15. The largest absolute Gasteiger partial charge is 0.442 e. The first-order chi connectivity index (χ1) is 14.5. The first kappa shape index (κ1) is 20.6. The van der Waals surface area contributed by atoms with Crippen molar-refractivity contribution in [3.8, 4) is 0 Å². The number of halogens is 1. The van der Waals surface area contributed by atoms with E-state index in [1.807, 2.05) is 30.3 Å². The molecule has 4 rings (SSSR count). The molecule has 7 nitrogen and oxygen atoms in total. The summed E-state index contributed by atoms with van der Waals surface area (Å²) in [6.45, 7) is 4.57. The van der Waals surface area contributed by atoms with Gasteiger partial charge in [-0.15, -0.1) is 0 Å². The zero-order valence-electron chi connectivity index (χ0n) is 16.5. The van der Waals surface area contributed by atoms with Crippen molar-refractivity contribution in [1.82, 2.24) is 5.32 Å². The molecule has 158 valence electrons. The predicted octanol–water partition coefficient (Wildman–Crippen LogP) is 2.83. The second kappa shape index (κ2) is 8.97. The van der Waals surface area contributed by atoms with Gasteiger partial charge in [-0.2, -0.15) is 0 Å². The average molecular weight is 446 g/mol. The number of benzene rings is 2. The van der Waals surface area contributed by atoms with Gasteiger partial charge in [-0.1, -0.05) is 17.7 Å². The van der Waals surface area contributed by atoms with Crippen molar-refractivity contribution in [3.05, 3.63) is 53.6 Å². The van der Waals surface area contributed by atoms with Crippen LogP contribution in [-0.2, 0) is 4.74 Å². The molecule has 0 bridgehead atoms. The van der Waals surface area contributed by atoms with E-state index in [4.69, 9.17) is 34.3 Å². The number of nitrogens with zero attached hydrogens (tertiary/aromatic N) is 3. The van der Waals surface area contributed by atoms with Crippen molar-refractivity contribution in [2.45, 2.75) is 6.10 Å². The summed E-state index contributed by atoms with van der Waals surface area (Å²) in [6, 6.07) is 16.0. The molecular weight excluding hydrogens is 422 g/mol. The highest BCUT2D eigenvalue weighted by molar-refractivity contribution is 7.80. The maximum absolute atomic E-state index is 12.2.